The third-order valence-electron chi connectivity index (χ3n) is 9.45. The molecule has 0 radical (unpaired) electrons. The standard InChI is InChI=1S/C44H26OS/c1-2-13-28(14-3-1)43-42(41-37(45-43)25-24-36-31-16-10-11-21-38(31)46-44(36)41)40-34-19-8-6-17-32(34)39(33-18-7-9-20-35(33)40)30-23-22-27-12-4-5-15-29(27)26-30/h1-26H. The van der Waals surface area contributed by atoms with Gasteiger partial charge in [0, 0.05) is 42.2 Å². The predicted octanol–water partition coefficient (Wildman–Crippen LogP) is 13.3. The van der Waals surface area contributed by atoms with Gasteiger partial charge in [0.15, 0.2) is 0 Å². The van der Waals surface area contributed by atoms with Crippen LogP contribution in [0.15, 0.2) is 162 Å². The van der Waals surface area contributed by atoms with Crippen LogP contribution in [0, 0.1) is 0 Å². The third kappa shape index (κ3) is 3.68. The van der Waals surface area contributed by atoms with Gasteiger partial charge in [0.2, 0.25) is 0 Å². The smallest absolute Gasteiger partial charge is 0.143 e. The van der Waals surface area contributed by atoms with Crippen LogP contribution in [0.4, 0.5) is 0 Å². The van der Waals surface area contributed by atoms with Crippen LogP contribution in [0.5, 0.6) is 0 Å². The van der Waals surface area contributed by atoms with Gasteiger partial charge in [-0.1, -0.05) is 133 Å². The summed E-state index contributed by atoms with van der Waals surface area (Å²) >= 11 is 1.86. The van der Waals surface area contributed by atoms with Crippen LogP contribution in [0.3, 0.4) is 0 Å². The Balaban J connectivity index is 1.41. The first-order valence-corrected chi connectivity index (χ1v) is 16.5. The molecule has 0 aliphatic carbocycles. The first kappa shape index (κ1) is 25.6. The van der Waals surface area contributed by atoms with Gasteiger partial charge in [-0.25, -0.2) is 0 Å². The lowest BCUT2D eigenvalue weighted by molar-refractivity contribution is 0.633. The highest BCUT2D eigenvalue weighted by molar-refractivity contribution is 7.26. The van der Waals surface area contributed by atoms with Crippen LogP contribution in [0.1, 0.15) is 0 Å². The lowest BCUT2D eigenvalue weighted by Gasteiger charge is -2.18. The molecule has 8 aromatic carbocycles. The van der Waals surface area contributed by atoms with Gasteiger partial charge < -0.3 is 4.42 Å². The van der Waals surface area contributed by atoms with E-state index in [-0.39, 0.29) is 0 Å². The maximum absolute atomic E-state index is 6.91. The molecule has 2 aromatic heterocycles. The number of thiophene rings is 1. The first-order chi connectivity index (χ1) is 22.8. The molecular formula is C44H26OS. The fourth-order valence-corrected chi connectivity index (χ4v) is 8.70. The van der Waals surface area contributed by atoms with E-state index in [0.29, 0.717) is 0 Å². The van der Waals surface area contributed by atoms with E-state index in [9.17, 15) is 0 Å². The van der Waals surface area contributed by atoms with E-state index in [2.05, 4.69) is 158 Å². The minimum Gasteiger partial charge on any atom is -0.455 e. The second-order valence-electron chi connectivity index (χ2n) is 12.0. The number of hydrogen-bond donors (Lipinski definition) is 0. The summed E-state index contributed by atoms with van der Waals surface area (Å²) in [5.41, 5.74) is 6.87. The summed E-state index contributed by atoms with van der Waals surface area (Å²) < 4.78 is 9.47. The second-order valence-corrected chi connectivity index (χ2v) is 13.0. The van der Waals surface area contributed by atoms with E-state index in [0.717, 1.165) is 22.5 Å². The molecule has 0 amide bonds. The zero-order chi connectivity index (χ0) is 30.2. The zero-order valence-corrected chi connectivity index (χ0v) is 25.6. The molecule has 0 aliphatic heterocycles. The highest BCUT2D eigenvalue weighted by Crippen LogP contribution is 2.52. The van der Waals surface area contributed by atoms with Crippen LogP contribution in [-0.2, 0) is 0 Å². The average Bonchev–Trinajstić information content (AvgIpc) is 3.69. The van der Waals surface area contributed by atoms with Gasteiger partial charge in [-0.05, 0) is 67.7 Å². The number of furan rings is 1. The fourth-order valence-electron chi connectivity index (χ4n) is 7.45. The largest absolute Gasteiger partial charge is 0.455 e. The van der Waals surface area contributed by atoms with Gasteiger partial charge in [-0.3, -0.25) is 0 Å². The predicted molar refractivity (Wildman–Crippen MR) is 198 cm³/mol. The van der Waals surface area contributed by atoms with E-state index >= 15 is 0 Å². The summed E-state index contributed by atoms with van der Waals surface area (Å²) in [6, 6.07) is 57.0. The molecule has 46 heavy (non-hydrogen) atoms. The second kappa shape index (κ2) is 9.90. The Morgan fingerprint density at radius 2 is 1.00 bits per heavy atom. The SMILES string of the molecule is c1ccc(-c2oc3ccc4c5ccccc5sc4c3c2-c2c3ccccc3c(-c3ccc4ccccc4c3)c3ccccc23)cc1. The Morgan fingerprint density at radius 3 is 1.74 bits per heavy atom. The third-order valence-corrected chi connectivity index (χ3v) is 10.7. The van der Waals surface area contributed by atoms with Crippen molar-refractivity contribution in [1.29, 1.82) is 0 Å². The Bertz CT molecular complexity index is 2740. The molecule has 1 nitrogen and oxygen atoms in total. The van der Waals surface area contributed by atoms with E-state index in [4.69, 9.17) is 4.42 Å². The molecule has 0 aliphatic rings. The van der Waals surface area contributed by atoms with E-state index in [1.165, 1.54) is 74.6 Å². The molecule has 0 unspecified atom stereocenters. The fraction of sp³-hybridized carbons (Fsp3) is 0. The van der Waals surface area contributed by atoms with Crippen LogP contribution < -0.4 is 0 Å². The Morgan fingerprint density at radius 1 is 0.391 bits per heavy atom. The van der Waals surface area contributed by atoms with Crippen molar-refractivity contribution in [3.8, 4) is 33.6 Å². The molecule has 10 rings (SSSR count). The number of rotatable bonds is 3. The molecule has 0 bridgehead atoms. The lowest BCUT2D eigenvalue weighted by Crippen LogP contribution is -1.92. The highest BCUT2D eigenvalue weighted by atomic mass is 32.1. The highest BCUT2D eigenvalue weighted by Gasteiger charge is 2.26. The first-order valence-electron chi connectivity index (χ1n) is 15.7. The summed E-state index contributed by atoms with van der Waals surface area (Å²) in [6.45, 7) is 0. The molecule has 0 saturated carbocycles. The molecule has 0 atom stereocenters. The molecule has 2 heteroatoms. The van der Waals surface area contributed by atoms with Gasteiger partial charge >= 0.3 is 0 Å². The van der Waals surface area contributed by atoms with Crippen molar-refractivity contribution < 1.29 is 4.42 Å². The minimum absolute atomic E-state index is 0.911. The minimum atomic E-state index is 0.911. The molecule has 0 saturated heterocycles. The van der Waals surface area contributed by atoms with Crippen molar-refractivity contribution in [2.75, 3.05) is 0 Å². The number of fused-ring (bicyclic) bond motifs is 8. The molecule has 2 heterocycles. The summed E-state index contributed by atoms with van der Waals surface area (Å²) in [4.78, 5) is 0. The van der Waals surface area contributed by atoms with Crippen LogP contribution in [-0.4, -0.2) is 0 Å². The average molecular weight is 603 g/mol. The molecule has 0 N–H and O–H groups in total. The van der Waals surface area contributed by atoms with Gasteiger partial charge in [-0.2, -0.15) is 0 Å². The zero-order valence-electron chi connectivity index (χ0n) is 24.8. The van der Waals surface area contributed by atoms with E-state index in [1.807, 2.05) is 11.3 Å². The molecule has 214 valence electrons. The summed E-state index contributed by atoms with van der Waals surface area (Å²) in [6.07, 6.45) is 0. The number of hydrogen-bond acceptors (Lipinski definition) is 2. The van der Waals surface area contributed by atoms with Crippen molar-refractivity contribution in [2.45, 2.75) is 0 Å². The normalized spacial score (nSPS) is 11.9. The maximum atomic E-state index is 6.91. The maximum Gasteiger partial charge on any atom is 0.143 e. The van der Waals surface area contributed by atoms with Crippen LogP contribution in [0.25, 0.3) is 97.0 Å². The van der Waals surface area contributed by atoms with Crippen molar-refractivity contribution >= 4 is 74.8 Å². The van der Waals surface area contributed by atoms with Gasteiger partial charge in [0.05, 0.1) is 0 Å². The summed E-state index contributed by atoms with van der Waals surface area (Å²) in [7, 11) is 0. The Kier molecular flexibility index (Phi) is 5.51. The van der Waals surface area contributed by atoms with Crippen LogP contribution >= 0.6 is 11.3 Å². The summed E-state index contributed by atoms with van der Waals surface area (Å²) in [5.74, 6) is 0.911. The quantitative estimate of drug-likeness (QED) is 0.183. The molecule has 0 fully saturated rings. The van der Waals surface area contributed by atoms with Crippen LogP contribution in [0.2, 0.25) is 0 Å². The Labute approximate surface area is 269 Å². The van der Waals surface area contributed by atoms with E-state index in [1.54, 1.807) is 0 Å². The Hall–Kier alpha value is -5.70. The topological polar surface area (TPSA) is 13.1 Å². The molecule has 10 aromatic rings. The van der Waals surface area contributed by atoms with Crippen molar-refractivity contribution in [3.63, 3.8) is 0 Å². The number of benzene rings is 8. The van der Waals surface area contributed by atoms with E-state index < -0.39 is 0 Å². The van der Waals surface area contributed by atoms with Gasteiger partial charge in [0.25, 0.3) is 0 Å². The van der Waals surface area contributed by atoms with Crippen molar-refractivity contribution in [2.24, 2.45) is 0 Å². The van der Waals surface area contributed by atoms with Gasteiger partial charge in [0.1, 0.15) is 11.3 Å². The molecular weight excluding hydrogens is 577 g/mol. The monoisotopic (exact) mass is 602 g/mol. The molecule has 0 spiro atoms. The van der Waals surface area contributed by atoms with Crippen molar-refractivity contribution in [3.05, 3.63) is 158 Å². The summed E-state index contributed by atoms with van der Waals surface area (Å²) in [5, 5.41) is 11.2. The van der Waals surface area contributed by atoms with Crippen molar-refractivity contribution in [1.82, 2.24) is 0 Å². The lowest BCUT2D eigenvalue weighted by atomic mass is 9.84. The van der Waals surface area contributed by atoms with Gasteiger partial charge in [-0.15, -0.1) is 11.3 Å².